The van der Waals surface area contributed by atoms with Crippen LogP contribution >= 0.6 is 0 Å². The van der Waals surface area contributed by atoms with Crippen LogP contribution in [-0.4, -0.2) is 51.9 Å². The standard InChI is InChI=1S/C35H52O7/c1-9-20(2)27(37)42-26-25(36)29(3,4)18-22-21-10-11-24-32(8,31(21,7)14-16-34(22,26)28(38)39)13-12-23-30(5,6)35(40)17-15-33(23,24)19-41-35/h9-10,22-26,36,40H,11-19H2,1-8H3,(H,38,39)/b20-9-/t22-,23-,24-,25+,26+,31+,32+,33+,34-,35+/m0/s1. The van der Waals surface area contributed by atoms with E-state index in [0.717, 1.165) is 25.7 Å². The fourth-order valence-corrected chi connectivity index (χ4v) is 11.7. The van der Waals surface area contributed by atoms with Gasteiger partial charge in [0.1, 0.15) is 11.5 Å². The summed E-state index contributed by atoms with van der Waals surface area (Å²) in [6, 6.07) is 0. The number of carbonyl (C=O) groups excluding carboxylic acids is 1. The fourth-order valence-electron chi connectivity index (χ4n) is 11.7. The highest BCUT2D eigenvalue weighted by Gasteiger charge is 2.75. The van der Waals surface area contributed by atoms with Crippen molar-refractivity contribution in [3.05, 3.63) is 23.3 Å². The second kappa shape index (κ2) is 8.94. The molecule has 234 valence electrons. The number of aliphatic hydroxyl groups is 2. The van der Waals surface area contributed by atoms with Crippen LogP contribution in [0.1, 0.15) is 107 Å². The molecule has 3 N–H and O–H groups in total. The molecule has 0 aromatic carbocycles. The van der Waals surface area contributed by atoms with Gasteiger partial charge in [0.05, 0.1) is 12.7 Å². The number of aliphatic hydroxyl groups excluding tert-OH is 1. The number of carboxylic acids is 1. The van der Waals surface area contributed by atoms with Crippen molar-refractivity contribution in [2.45, 2.75) is 125 Å². The van der Waals surface area contributed by atoms with Crippen molar-refractivity contribution in [2.24, 2.45) is 50.2 Å². The second-order valence-corrected chi connectivity index (χ2v) is 16.6. The Morgan fingerprint density at radius 1 is 1.02 bits per heavy atom. The topological polar surface area (TPSA) is 113 Å². The van der Waals surface area contributed by atoms with Crippen molar-refractivity contribution in [1.29, 1.82) is 0 Å². The molecule has 7 rings (SSSR count). The van der Waals surface area contributed by atoms with E-state index in [1.807, 2.05) is 13.8 Å². The first-order chi connectivity index (χ1) is 19.4. The molecule has 4 saturated carbocycles. The van der Waals surface area contributed by atoms with Gasteiger partial charge in [-0.25, -0.2) is 4.79 Å². The predicted octanol–water partition coefficient (Wildman–Crippen LogP) is 6.03. The van der Waals surface area contributed by atoms with Gasteiger partial charge in [-0.15, -0.1) is 0 Å². The lowest BCUT2D eigenvalue weighted by Crippen LogP contribution is -2.73. The molecule has 5 aliphatic carbocycles. The van der Waals surface area contributed by atoms with Gasteiger partial charge in [-0.2, -0.15) is 0 Å². The molecule has 7 nitrogen and oxygen atoms in total. The van der Waals surface area contributed by atoms with Crippen LogP contribution in [0.2, 0.25) is 0 Å². The molecule has 0 unspecified atom stereocenters. The van der Waals surface area contributed by atoms with Crippen LogP contribution in [0.5, 0.6) is 0 Å². The molecule has 10 atom stereocenters. The van der Waals surface area contributed by atoms with Crippen molar-refractivity contribution in [1.82, 2.24) is 0 Å². The Bertz CT molecular complexity index is 1250. The number of carboxylic acid groups (broad SMARTS) is 1. The zero-order valence-electron chi connectivity index (χ0n) is 26.9. The molecule has 0 aromatic rings. The Kier molecular flexibility index (Phi) is 6.46. The largest absolute Gasteiger partial charge is 0.481 e. The summed E-state index contributed by atoms with van der Waals surface area (Å²) in [6.45, 7) is 17.1. The van der Waals surface area contributed by atoms with Gasteiger partial charge in [0.2, 0.25) is 0 Å². The molecule has 0 amide bonds. The molecular weight excluding hydrogens is 532 g/mol. The molecule has 7 aliphatic rings. The van der Waals surface area contributed by atoms with E-state index in [1.165, 1.54) is 5.57 Å². The van der Waals surface area contributed by atoms with E-state index >= 15 is 0 Å². The lowest BCUT2D eigenvalue weighted by Gasteiger charge is -2.74. The minimum atomic E-state index is -1.39. The van der Waals surface area contributed by atoms with Gasteiger partial charge in [-0.05, 0) is 86.9 Å². The minimum absolute atomic E-state index is 0.0164. The smallest absolute Gasteiger partial charge is 0.333 e. The number of ether oxygens (including phenoxy) is 2. The summed E-state index contributed by atoms with van der Waals surface area (Å²) in [6.07, 6.45) is 7.84. The van der Waals surface area contributed by atoms with Crippen LogP contribution in [0.25, 0.3) is 0 Å². The average Bonchev–Trinajstić information content (AvgIpc) is 2.91. The van der Waals surface area contributed by atoms with Crippen molar-refractivity contribution in [3.8, 4) is 0 Å². The quantitative estimate of drug-likeness (QED) is 0.211. The summed E-state index contributed by atoms with van der Waals surface area (Å²) in [7, 11) is 0. The summed E-state index contributed by atoms with van der Waals surface area (Å²) in [5, 5.41) is 34.1. The van der Waals surface area contributed by atoms with Gasteiger partial charge >= 0.3 is 11.9 Å². The van der Waals surface area contributed by atoms with Crippen LogP contribution < -0.4 is 0 Å². The first kappa shape index (κ1) is 30.3. The van der Waals surface area contributed by atoms with Crippen LogP contribution in [0.15, 0.2) is 23.3 Å². The maximum Gasteiger partial charge on any atom is 0.333 e. The van der Waals surface area contributed by atoms with Crippen LogP contribution in [-0.2, 0) is 19.1 Å². The molecule has 2 aliphatic heterocycles. The molecule has 2 heterocycles. The van der Waals surface area contributed by atoms with E-state index in [2.05, 4.69) is 33.8 Å². The lowest BCUT2D eigenvalue weighted by molar-refractivity contribution is -0.395. The summed E-state index contributed by atoms with van der Waals surface area (Å²) in [5.41, 5.74) is -1.08. The van der Waals surface area contributed by atoms with Gasteiger partial charge in [0, 0.05) is 28.7 Å². The number of aliphatic carboxylic acids is 1. The van der Waals surface area contributed by atoms with E-state index in [0.29, 0.717) is 49.7 Å². The third kappa shape index (κ3) is 3.39. The normalized spacial score (nSPS) is 50.4. The maximum absolute atomic E-state index is 13.4. The monoisotopic (exact) mass is 584 g/mol. The molecule has 7 heteroatoms. The molecule has 1 spiro atoms. The molecule has 2 saturated heterocycles. The molecule has 6 fully saturated rings. The first-order valence-electron chi connectivity index (χ1n) is 16.2. The number of hydrogen-bond donors (Lipinski definition) is 3. The Morgan fingerprint density at radius 2 is 1.71 bits per heavy atom. The molecule has 0 aromatic heterocycles. The molecule has 0 radical (unpaired) electrons. The van der Waals surface area contributed by atoms with Crippen LogP contribution in [0, 0.1) is 50.2 Å². The number of esters is 1. The summed E-state index contributed by atoms with van der Waals surface area (Å²) in [4.78, 5) is 26.5. The Labute approximate surface area is 251 Å². The van der Waals surface area contributed by atoms with Crippen molar-refractivity contribution >= 4 is 11.9 Å². The summed E-state index contributed by atoms with van der Waals surface area (Å²) < 4.78 is 12.3. The van der Waals surface area contributed by atoms with Crippen molar-refractivity contribution in [2.75, 3.05) is 6.61 Å². The third-order valence-electron chi connectivity index (χ3n) is 14.7. The maximum atomic E-state index is 13.4. The fraction of sp³-hybridized carbons (Fsp3) is 0.829. The zero-order chi connectivity index (χ0) is 30.9. The highest BCUT2D eigenvalue weighted by Crippen LogP contribution is 2.78. The van der Waals surface area contributed by atoms with Gasteiger partial charge < -0.3 is 24.8 Å². The Hall–Kier alpha value is -1.70. The minimum Gasteiger partial charge on any atom is -0.481 e. The van der Waals surface area contributed by atoms with E-state index < -0.39 is 40.8 Å². The SMILES string of the molecule is C/C=C(/C)C(=O)O[C@@H]1[C@@H](O)C(C)(C)C[C@H]2C3=CC[C@@H]4[C@]56CC[C@@](O)(OC5)C(C)(C)[C@@H]6CC[C@@]4(C)[C@]3(C)CC[C@@]12C(=O)O. The zero-order valence-corrected chi connectivity index (χ0v) is 26.9. The highest BCUT2D eigenvalue weighted by molar-refractivity contribution is 5.88. The van der Waals surface area contributed by atoms with E-state index in [-0.39, 0.29) is 27.6 Å². The van der Waals surface area contributed by atoms with Gasteiger partial charge in [0.25, 0.3) is 0 Å². The number of rotatable bonds is 3. The Balaban J connectivity index is 1.46. The molecular formula is C35H52O7. The number of hydrogen-bond acceptors (Lipinski definition) is 6. The van der Waals surface area contributed by atoms with Crippen LogP contribution in [0.4, 0.5) is 0 Å². The summed E-state index contributed by atoms with van der Waals surface area (Å²) in [5.74, 6) is -2.22. The molecule has 42 heavy (non-hydrogen) atoms. The van der Waals surface area contributed by atoms with Crippen LogP contribution in [0.3, 0.4) is 0 Å². The first-order valence-corrected chi connectivity index (χ1v) is 16.2. The van der Waals surface area contributed by atoms with E-state index in [1.54, 1.807) is 19.9 Å². The van der Waals surface area contributed by atoms with E-state index in [4.69, 9.17) is 9.47 Å². The van der Waals surface area contributed by atoms with Gasteiger partial charge in [-0.1, -0.05) is 59.3 Å². The number of carbonyl (C=O) groups is 2. The summed E-state index contributed by atoms with van der Waals surface area (Å²) >= 11 is 0. The number of fused-ring (bicyclic) bond motifs is 7. The van der Waals surface area contributed by atoms with E-state index in [9.17, 15) is 24.9 Å². The third-order valence-corrected chi connectivity index (χ3v) is 14.7. The van der Waals surface area contributed by atoms with Gasteiger partial charge in [0.15, 0.2) is 5.79 Å². The van der Waals surface area contributed by atoms with Gasteiger partial charge in [-0.3, -0.25) is 4.79 Å². The lowest BCUT2D eigenvalue weighted by atomic mass is 9.32. The highest BCUT2D eigenvalue weighted by atomic mass is 16.6. The average molecular weight is 585 g/mol. The van der Waals surface area contributed by atoms with Crippen molar-refractivity contribution < 1.29 is 34.4 Å². The second-order valence-electron chi connectivity index (χ2n) is 16.6. The Morgan fingerprint density at radius 3 is 2.31 bits per heavy atom. The predicted molar refractivity (Wildman–Crippen MR) is 158 cm³/mol. The number of allylic oxidation sites excluding steroid dienone is 3. The molecule has 2 bridgehead atoms. The van der Waals surface area contributed by atoms with Crippen molar-refractivity contribution in [3.63, 3.8) is 0 Å².